The van der Waals surface area contributed by atoms with E-state index in [1.807, 2.05) is 41.3 Å². The minimum Gasteiger partial charge on any atom is -0.325 e. The summed E-state index contributed by atoms with van der Waals surface area (Å²) < 4.78 is 1.94. The van der Waals surface area contributed by atoms with Crippen LogP contribution in [-0.2, 0) is 23.3 Å². The second kappa shape index (κ2) is 6.91. The van der Waals surface area contributed by atoms with Crippen molar-refractivity contribution in [2.24, 2.45) is 0 Å². The van der Waals surface area contributed by atoms with Crippen LogP contribution in [-0.4, -0.2) is 33.7 Å². The van der Waals surface area contributed by atoms with Gasteiger partial charge in [-0.3, -0.25) is 14.4 Å². The third kappa shape index (κ3) is 3.02. The maximum absolute atomic E-state index is 12.9. The molecule has 5 nitrogen and oxygen atoms in total. The molecule has 1 amide bonds. The first kappa shape index (κ1) is 17.2. The normalized spacial score (nSPS) is 21.6. The molecule has 142 valence electrons. The van der Waals surface area contributed by atoms with Gasteiger partial charge in [0.2, 0.25) is 5.91 Å². The number of fused-ring (bicyclic) bond motifs is 2. The maximum atomic E-state index is 12.9. The van der Waals surface area contributed by atoms with Crippen LogP contribution in [0.1, 0.15) is 29.5 Å². The van der Waals surface area contributed by atoms with E-state index >= 15 is 0 Å². The average Bonchev–Trinajstić information content (AvgIpc) is 3.30. The molecule has 3 heterocycles. The zero-order valence-corrected chi connectivity index (χ0v) is 15.8. The van der Waals surface area contributed by atoms with Crippen LogP contribution in [0.5, 0.6) is 0 Å². The number of piperidine rings is 1. The number of para-hydroxylation sites is 1. The molecule has 0 saturated carbocycles. The molecule has 0 aliphatic carbocycles. The van der Waals surface area contributed by atoms with Crippen LogP contribution in [0.15, 0.2) is 67.0 Å². The van der Waals surface area contributed by atoms with Crippen molar-refractivity contribution in [3.63, 3.8) is 0 Å². The van der Waals surface area contributed by atoms with E-state index in [1.165, 1.54) is 11.1 Å². The Morgan fingerprint density at radius 2 is 1.89 bits per heavy atom. The molecular formula is C23H24N4O. The van der Waals surface area contributed by atoms with Crippen molar-refractivity contribution in [3.05, 3.63) is 83.7 Å². The highest BCUT2D eigenvalue weighted by molar-refractivity contribution is 6.06. The SMILES string of the molecule is O=C1Nc2ccccc2C12CCCN(Cc1cccc(Cn3cccn3)c1)C2. The fourth-order valence-corrected chi connectivity index (χ4v) is 4.72. The molecule has 1 saturated heterocycles. The Hall–Kier alpha value is -2.92. The summed E-state index contributed by atoms with van der Waals surface area (Å²) in [6.07, 6.45) is 5.75. The van der Waals surface area contributed by atoms with Gasteiger partial charge in [0.25, 0.3) is 0 Å². The summed E-state index contributed by atoms with van der Waals surface area (Å²) in [7, 11) is 0. The van der Waals surface area contributed by atoms with Gasteiger partial charge in [-0.15, -0.1) is 0 Å². The first-order valence-corrected chi connectivity index (χ1v) is 9.92. The average molecular weight is 372 g/mol. The summed E-state index contributed by atoms with van der Waals surface area (Å²) in [6.45, 7) is 3.45. The highest BCUT2D eigenvalue weighted by atomic mass is 16.2. The van der Waals surface area contributed by atoms with Gasteiger partial charge in [0.15, 0.2) is 0 Å². The molecule has 5 rings (SSSR count). The van der Waals surface area contributed by atoms with E-state index in [-0.39, 0.29) is 5.91 Å². The second-order valence-corrected chi connectivity index (χ2v) is 7.92. The topological polar surface area (TPSA) is 50.2 Å². The third-order valence-corrected chi connectivity index (χ3v) is 6.00. The highest BCUT2D eigenvalue weighted by Crippen LogP contribution is 2.43. The molecular weight excluding hydrogens is 348 g/mol. The quantitative estimate of drug-likeness (QED) is 0.763. The molecule has 1 fully saturated rings. The van der Waals surface area contributed by atoms with Crippen molar-refractivity contribution < 1.29 is 4.79 Å². The van der Waals surface area contributed by atoms with Gasteiger partial charge in [0.1, 0.15) is 0 Å². The maximum Gasteiger partial charge on any atom is 0.236 e. The monoisotopic (exact) mass is 372 g/mol. The molecule has 3 aromatic rings. The largest absolute Gasteiger partial charge is 0.325 e. The van der Waals surface area contributed by atoms with Crippen LogP contribution in [0.4, 0.5) is 5.69 Å². The molecule has 1 spiro atoms. The lowest BCUT2D eigenvalue weighted by molar-refractivity contribution is -0.122. The third-order valence-electron chi connectivity index (χ3n) is 6.00. The van der Waals surface area contributed by atoms with Gasteiger partial charge in [-0.1, -0.05) is 42.5 Å². The number of amides is 1. The summed E-state index contributed by atoms with van der Waals surface area (Å²) in [5.74, 6) is 0.158. The van der Waals surface area contributed by atoms with E-state index in [0.717, 1.165) is 50.3 Å². The van der Waals surface area contributed by atoms with Crippen LogP contribution in [0.25, 0.3) is 0 Å². The molecule has 1 aromatic heterocycles. The number of rotatable bonds is 4. The summed E-state index contributed by atoms with van der Waals surface area (Å²) in [4.78, 5) is 15.3. The number of carbonyl (C=O) groups excluding carboxylic acids is 1. The lowest BCUT2D eigenvalue weighted by Crippen LogP contribution is -2.49. The summed E-state index contributed by atoms with van der Waals surface area (Å²) >= 11 is 0. The van der Waals surface area contributed by atoms with Gasteiger partial charge in [-0.05, 0) is 48.2 Å². The number of hydrogen-bond donors (Lipinski definition) is 1. The van der Waals surface area contributed by atoms with Crippen LogP contribution in [0.2, 0.25) is 0 Å². The van der Waals surface area contributed by atoms with Crippen LogP contribution in [0, 0.1) is 0 Å². The lowest BCUT2D eigenvalue weighted by Gasteiger charge is -2.39. The molecule has 0 radical (unpaired) electrons. The number of aromatic nitrogens is 2. The number of benzene rings is 2. The van der Waals surface area contributed by atoms with Crippen molar-refractivity contribution in [2.75, 3.05) is 18.4 Å². The van der Waals surface area contributed by atoms with Gasteiger partial charge in [0.05, 0.1) is 12.0 Å². The van der Waals surface area contributed by atoms with Crippen molar-refractivity contribution >= 4 is 11.6 Å². The van der Waals surface area contributed by atoms with Gasteiger partial charge in [0, 0.05) is 31.2 Å². The minimum absolute atomic E-state index is 0.158. The van der Waals surface area contributed by atoms with Gasteiger partial charge < -0.3 is 5.32 Å². The zero-order valence-electron chi connectivity index (χ0n) is 15.8. The van der Waals surface area contributed by atoms with Crippen LogP contribution >= 0.6 is 0 Å². The molecule has 2 aliphatic heterocycles. The fourth-order valence-electron chi connectivity index (χ4n) is 4.72. The van der Waals surface area contributed by atoms with Crippen molar-refractivity contribution in [1.82, 2.24) is 14.7 Å². The first-order valence-electron chi connectivity index (χ1n) is 9.92. The van der Waals surface area contributed by atoms with E-state index in [4.69, 9.17) is 0 Å². The van der Waals surface area contributed by atoms with Crippen molar-refractivity contribution in [3.8, 4) is 0 Å². The minimum atomic E-state index is -0.401. The first-order chi connectivity index (χ1) is 13.7. The number of likely N-dealkylation sites (tertiary alicyclic amines) is 1. The lowest BCUT2D eigenvalue weighted by atomic mass is 9.75. The number of hydrogen-bond acceptors (Lipinski definition) is 3. The Kier molecular flexibility index (Phi) is 4.24. The molecule has 1 unspecified atom stereocenters. The van der Waals surface area contributed by atoms with Crippen LogP contribution in [0.3, 0.4) is 0 Å². The zero-order chi connectivity index (χ0) is 19.0. The molecule has 5 heteroatoms. The predicted molar refractivity (Wildman–Crippen MR) is 109 cm³/mol. The van der Waals surface area contributed by atoms with E-state index < -0.39 is 5.41 Å². The Morgan fingerprint density at radius 3 is 2.75 bits per heavy atom. The molecule has 1 N–H and O–H groups in total. The van der Waals surface area contributed by atoms with E-state index in [1.54, 1.807) is 0 Å². The summed E-state index contributed by atoms with van der Waals surface area (Å²) in [5, 5.41) is 7.40. The predicted octanol–water partition coefficient (Wildman–Crippen LogP) is 3.42. The fraction of sp³-hybridized carbons (Fsp3) is 0.304. The number of carbonyl (C=O) groups is 1. The Balaban J connectivity index is 1.35. The van der Waals surface area contributed by atoms with Crippen molar-refractivity contribution in [2.45, 2.75) is 31.3 Å². The molecule has 0 bridgehead atoms. The van der Waals surface area contributed by atoms with E-state index in [2.05, 4.69) is 45.6 Å². The second-order valence-electron chi connectivity index (χ2n) is 7.92. The number of anilines is 1. The Morgan fingerprint density at radius 1 is 1.04 bits per heavy atom. The highest BCUT2D eigenvalue weighted by Gasteiger charge is 2.48. The van der Waals surface area contributed by atoms with Gasteiger partial charge in [-0.25, -0.2) is 0 Å². The van der Waals surface area contributed by atoms with E-state index in [9.17, 15) is 4.79 Å². The van der Waals surface area contributed by atoms with E-state index in [0.29, 0.717) is 0 Å². The van der Waals surface area contributed by atoms with Gasteiger partial charge >= 0.3 is 0 Å². The number of nitrogens with one attached hydrogen (secondary N) is 1. The van der Waals surface area contributed by atoms with Gasteiger partial charge in [-0.2, -0.15) is 5.10 Å². The summed E-state index contributed by atoms with van der Waals surface area (Å²) in [6, 6.07) is 18.8. The Bertz CT molecular complexity index is 997. The van der Waals surface area contributed by atoms with Crippen LogP contribution < -0.4 is 5.32 Å². The Labute approximate surface area is 165 Å². The standard InChI is InChI=1S/C23H24N4O/c28-22-23(20-8-1-2-9-21(20)25-22)10-4-12-26(17-23)15-18-6-3-7-19(14-18)16-27-13-5-11-24-27/h1-3,5-9,11,13-14H,4,10,12,15-17H2,(H,25,28). The molecule has 1 atom stereocenters. The number of nitrogens with zero attached hydrogens (tertiary/aromatic N) is 3. The molecule has 28 heavy (non-hydrogen) atoms. The smallest absolute Gasteiger partial charge is 0.236 e. The summed E-state index contributed by atoms with van der Waals surface area (Å²) in [5.41, 5.74) is 4.28. The molecule has 2 aliphatic rings. The molecule has 2 aromatic carbocycles. The van der Waals surface area contributed by atoms with Crippen molar-refractivity contribution in [1.29, 1.82) is 0 Å².